The molecule has 3 aromatic rings. The Hall–Kier alpha value is -3.45. The van der Waals surface area contributed by atoms with E-state index in [1.54, 1.807) is 30.3 Å². The van der Waals surface area contributed by atoms with E-state index < -0.39 is 35.3 Å². The molecule has 3 heterocycles. The van der Waals surface area contributed by atoms with Gasteiger partial charge in [0.05, 0.1) is 17.9 Å². The Bertz CT molecular complexity index is 1170. The third kappa shape index (κ3) is 2.81. The van der Waals surface area contributed by atoms with Crippen molar-refractivity contribution in [3.05, 3.63) is 72.0 Å². The van der Waals surface area contributed by atoms with Gasteiger partial charge in [-0.1, -0.05) is 61.9 Å². The number of carbonyl (C=O) groups is 3. The number of fused-ring (bicyclic) bond motifs is 2. The predicted octanol–water partition coefficient (Wildman–Crippen LogP) is 3.46. The number of nitrogens with zero attached hydrogens (tertiary/aromatic N) is 1. The van der Waals surface area contributed by atoms with Gasteiger partial charge >= 0.3 is 5.97 Å². The fraction of sp³-hybridized carbons (Fsp3) is 0.320. The van der Waals surface area contributed by atoms with E-state index in [1.165, 1.54) is 4.90 Å². The summed E-state index contributed by atoms with van der Waals surface area (Å²) in [7, 11) is 0. The number of nitrogens with one attached hydrogen (secondary N) is 1. The number of carboxylic acids is 1. The van der Waals surface area contributed by atoms with Crippen molar-refractivity contribution in [2.45, 2.75) is 31.3 Å². The highest BCUT2D eigenvalue weighted by molar-refractivity contribution is 6.09. The zero-order valence-electron chi connectivity index (χ0n) is 17.7. The molecule has 0 saturated carbocycles. The molecule has 0 aliphatic carbocycles. The highest BCUT2D eigenvalue weighted by atomic mass is 16.4. The highest BCUT2D eigenvalue weighted by Gasteiger charge is 2.69. The lowest BCUT2D eigenvalue weighted by Gasteiger charge is -2.31. The summed E-state index contributed by atoms with van der Waals surface area (Å²) < 4.78 is 6.03. The van der Waals surface area contributed by atoms with Gasteiger partial charge in [-0.3, -0.25) is 19.8 Å². The second-order valence-electron chi connectivity index (χ2n) is 8.47. The SMILES string of the molecule is CCCCN1C(=O)C2C(c3cc4ccccc4o3)NC(C(=O)O)(c3ccccc3)C2C1=O. The molecule has 0 radical (unpaired) electrons. The van der Waals surface area contributed by atoms with Crippen molar-refractivity contribution in [2.24, 2.45) is 11.8 Å². The van der Waals surface area contributed by atoms with Gasteiger partial charge in [-0.15, -0.1) is 0 Å². The quantitative estimate of drug-likeness (QED) is 0.579. The van der Waals surface area contributed by atoms with Crippen molar-refractivity contribution in [2.75, 3.05) is 6.54 Å². The number of carboxylic acid groups (broad SMARTS) is 1. The molecular formula is C25H24N2O5. The van der Waals surface area contributed by atoms with Crippen molar-refractivity contribution < 1.29 is 23.9 Å². The third-order valence-corrected chi connectivity index (χ3v) is 6.70. The van der Waals surface area contributed by atoms with E-state index in [-0.39, 0.29) is 5.91 Å². The molecule has 5 rings (SSSR count). The standard InChI is InChI=1S/C25H24N2O5/c1-2-3-13-27-22(28)19-20(23(27)29)25(24(30)31,16-10-5-4-6-11-16)26-21(19)18-14-15-9-7-8-12-17(15)32-18/h4-12,14,19-21,26H,2-3,13H2,1H3,(H,30,31). The number of benzene rings is 2. The van der Waals surface area contributed by atoms with E-state index in [2.05, 4.69) is 5.32 Å². The molecule has 4 unspecified atom stereocenters. The Morgan fingerprint density at radius 2 is 1.81 bits per heavy atom. The fourth-order valence-corrected chi connectivity index (χ4v) is 5.19. The van der Waals surface area contributed by atoms with Crippen LogP contribution in [-0.2, 0) is 19.9 Å². The monoisotopic (exact) mass is 432 g/mol. The molecule has 32 heavy (non-hydrogen) atoms. The van der Waals surface area contributed by atoms with Crippen molar-refractivity contribution in [3.8, 4) is 0 Å². The first-order chi connectivity index (χ1) is 15.5. The van der Waals surface area contributed by atoms with Crippen LogP contribution in [0.4, 0.5) is 0 Å². The molecule has 2 aromatic carbocycles. The summed E-state index contributed by atoms with van der Waals surface area (Å²) >= 11 is 0. The van der Waals surface area contributed by atoms with Gasteiger partial charge in [0.15, 0.2) is 5.54 Å². The maximum Gasteiger partial charge on any atom is 0.329 e. The lowest BCUT2D eigenvalue weighted by atomic mass is 9.75. The van der Waals surface area contributed by atoms with Gasteiger partial charge in [-0.05, 0) is 24.1 Å². The topological polar surface area (TPSA) is 99.8 Å². The summed E-state index contributed by atoms with van der Waals surface area (Å²) in [5.41, 5.74) is -0.642. The molecule has 7 heteroatoms. The van der Waals surface area contributed by atoms with E-state index in [9.17, 15) is 19.5 Å². The van der Waals surface area contributed by atoms with Gasteiger partial charge in [0, 0.05) is 11.9 Å². The van der Waals surface area contributed by atoms with E-state index in [0.29, 0.717) is 29.9 Å². The predicted molar refractivity (Wildman–Crippen MR) is 116 cm³/mol. The molecule has 2 amide bonds. The van der Waals surface area contributed by atoms with Crippen LogP contribution >= 0.6 is 0 Å². The number of rotatable bonds is 6. The number of amides is 2. The van der Waals surface area contributed by atoms with Crippen LogP contribution in [0.5, 0.6) is 0 Å². The van der Waals surface area contributed by atoms with Gasteiger partial charge in [-0.2, -0.15) is 0 Å². The molecule has 2 saturated heterocycles. The van der Waals surface area contributed by atoms with Gasteiger partial charge in [0.25, 0.3) is 0 Å². The Labute approximate surface area is 185 Å². The summed E-state index contributed by atoms with van der Waals surface area (Å²) in [4.78, 5) is 41.1. The van der Waals surface area contributed by atoms with Crippen LogP contribution in [0.2, 0.25) is 0 Å². The molecule has 2 fully saturated rings. The maximum atomic E-state index is 13.5. The van der Waals surface area contributed by atoms with Crippen LogP contribution in [0.25, 0.3) is 11.0 Å². The Kier molecular flexibility index (Phi) is 4.86. The second-order valence-corrected chi connectivity index (χ2v) is 8.47. The first kappa shape index (κ1) is 20.5. The number of unbranched alkanes of at least 4 members (excludes halogenated alkanes) is 1. The minimum atomic E-state index is -1.73. The molecular weight excluding hydrogens is 408 g/mol. The average Bonchev–Trinajstić information content (AvgIpc) is 3.45. The molecule has 164 valence electrons. The van der Waals surface area contributed by atoms with Crippen molar-refractivity contribution >= 4 is 28.8 Å². The molecule has 1 aromatic heterocycles. The normalized spacial score (nSPS) is 27.3. The van der Waals surface area contributed by atoms with E-state index in [0.717, 1.165) is 11.8 Å². The van der Waals surface area contributed by atoms with Gasteiger partial charge in [-0.25, -0.2) is 4.79 Å². The number of imide groups is 1. The van der Waals surface area contributed by atoms with Gasteiger partial charge in [0.2, 0.25) is 11.8 Å². The first-order valence-corrected chi connectivity index (χ1v) is 10.9. The number of carbonyl (C=O) groups excluding carboxylic acids is 2. The minimum Gasteiger partial charge on any atom is -0.480 e. The molecule has 0 bridgehead atoms. The maximum absolute atomic E-state index is 13.5. The second kappa shape index (κ2) is 7.60. The van der Waals surface area contributed by atoms with E-state index in [4.69, 9.17) is 4.42 Å². The molecule has 4 atom stereocenters. The molecule has 2 N–H and O–H groups in total. The molecule has 2 aliphatic rings. The summed E-state index contributed by atoms with van der Waals surface area (Å²) in [6, 6.07) is 17.2. The van der Waals surface area contributed by atoms with E-state index >= 15 is 0 Å². The number of furan rings is 1. The van der Waals surface area contributed by atoms with E-state index in [1.807, 2.05) is 37.3 Å². The number of likely N-dealkylation sites (tertiary alicyclic amines) is 1. The van der Waals surface area contributed by atoms with Crippen molar-refractivity contribution in [3.63, 3.8) is 0 Å². The van der Waals surface area contributed by atoms with Crippen molar-refractivity contribution in [1.82, 2.24) is 10.2 Å². The summed E-state index contributed by atoms with van der Waals surface area (Å²) in [6.45, 7) is 2.27. The summed E-state index contributed by atoms with van der Waals surface area (Å²) in [6.07, 6.45) is 1.49. The lowest BCUT2D eigenvalue weighted by Crippen LogP contribution is -2.53. The third-order valence-electron chi connectivity index (χ3n) is 6.70. The fourth-order valence-electron chi connectivity index (χ4n) is 5.19. The summed E-state index contributed by atoms with van der Waals surface area (Å²) in [5, 5.41) is 14.5. The number of aliphatic carboxylic acids is 1. The lowest BCUT2D eigenvalue weighted by molar-refractivity contribution is -0.152. The molecule has 2 aliphatic heterocycles. The molecule has 7 nitrogen and oxygen atoms in total. The number of hydrogen-bond donors (Lipinski definition) is 2. The first-order valence-electron chi connectivity index (χ1n) is 10.9. The smallest absolute Gasteiger partial charge is 0.329 e. The number of hydrogen-bond acceptors (Lipinski definition) is 5. The van der Waals surface area contributed by atoms with Crippen LogP contribution < -0.4 is 5.32 Å². The van der Waals surface area contributed by atoms with Gasteiger partial charge < -0.3 is 9.52 Å². The minimum absolute atomic E-state index is 0.290. The van der Waals surface area contributed by atoms with Crippen LogP contribution in [0.3, 0.4) is 0 Å². The van der Waals surface area contributed by atoms with Crippen LogP contribution in [0.1, 0.15) is 37.1 Å². The average molecular weight is 432 g/mol. The number of para-hydroxylation sites is 1. The van der Waals surface area contributed by atoms with Crippen LogP contribution in [0.15, 0.2) is 65.1 Å². The Morgan fingerprint density at radius 3 is 2.50 bits per heavy atom. The Balaban J connectivity index is 1.68. The van der Waals surface area contributed by atoms with Crippen LogP contribution in [-0.4, -0.2) is 34.3 Å². The Morgan fingerprint density at radius 1 is 1.09 bits per heavy atom. The van der Waals surface area contributed by atoms with Crippen molar-refractivity contribution in [1.29, 1.82) is 0 Å². The zero-order valence-corrected chi connectivity index (χ0v) is 17.7. The molecule has 0 spiro atoms. The zero-order chi connectivity index (χ0) is 22.5. The summed E-state index contributed by atoms with van der Waals surface area (Å²) in [5.74, 6) is -3.44. The van der Waals surface area contributed by atoms with Crippen LogP contribution in [0, 0.1) is 11.8 Å². The van der Waals surface area contributed by atoms with Gasteiger partial charge in [0.1, 0.15) is 11.3 Å². The highest BCUT2D eigenvalue weighted by Crippen LogP contribution is 2.53. The largest absolute Gasteiger partial charge is 0.480 e.